The van der Waals surface area contributed by atoms with Crippen molar-refractivity contribution in [3.63, 3.8) is 0 Å². The molecular formula is C20H18N2O8S. The third-order valence-corrected chi connectivity index (χ3v) is 5.00. The van der Waals surface area contributed by atoms with Crippen molar-refractivity contribution in [1.82, 2.24) is 4.90 Å². The van der Waals surface area contributed by atoms with E-state index in [-0.39, 0.29) is 33.8 Å². The maximum atomic E-state index is 12.5. The van der Waals surface area contributed by atoms with E-state index < -0.39 is 28.6 Å². The lowest BCUT2D eigenvalue weighted by Crippen LogP contribution is -2.35. The van der Waals surface area contributed by atoms with Gasteiger partial charge in [0.1, 0.15) is 23.8 Å². The summed E-state index contributed by atoms with van der Waals surface area (Å²) in [6.07, 6.45) is 0.976. The highest BCUT2D eigenvalue weighted by Gasteiger charge is 2.37. The molecule has 162 valence electrons. The molecule has 1 aliphatic rings. The molecule has 10 nitrogen and oxygen atoms in total. The van der Waals surface area contributed by atoms with Crippen LogP contribution in [0.5, 0.6) is 5.75 Å². The van der Waals surface area contributed by atoms with Gasteiger partial charge in [-0.05, 0) is 49.9 Å². The number of carbonyl (C=O) groups is 3. The van der Waals surface area contributed by atoms with E-state index in [9.17, 15) is 24.5 Å². The molecule has 2 amide bonds. The Balaban J connectivity index is 1.82. The Hall–Kier alpha value is -3.60. The van der Waals surface area contributed by atoms with E-state index >= 15 is 0 Å². The summed E-state index contributed by atoms with van der Waals surface area (Å²) in [4.78, 5) is 48.1. The maximum absolute atomic E-state index is 12.5. The van der Waals surface area contributed by atoms with Crippen LogP contribution >= 0.6 is 11.8 Å². The Morgan fingerprint density at radius 2 is 2.03 bits per heavy atom. The Bertz CT molecular complexity index is 1090. The molecule has 1 aromatic carbocycles. The number of thioether (sulfide) groups is 1. The SMILES string of the molecule is COc1ccc(-c2ccc(/C=C3\SC(=O)N(CC(=O)OC(C)C)C3=O)o2)c([N+](=O)[O-])c1. The second-order valence-corrected chi connectivity index (χ2v) is 7.64. The van der Waals surface area contributed by atoms with E-state index in [1.807, 2.05) is 0 Å². The molecule has 0 radical (unpaired) electrons. The second kappa shape index (κ2) is 9.04. The van der Waals surface area contributed by atoms with E-state index in [1.165, 1.54) is 37.5 Å². The van der Waals surface area contributed by atoms with E-state index in [0.717, 1.165) is 4.90 Å². The molecule has 1 aliphatic heterocycles. The molecule has 1 aromatic heterocycles. The van der Waals surface area contributed by atoms with Crippen molar-refractivity contribution < 1.29 is 33.2 Å². The molecule has 11 heteroatoms. The number of furan rings is 1. The number of nitro groups is 1. The number of hydrogen-bond donors (Lipinski definition) is 0. The lowest BCUT2D eigenvalue weighted by molar-refractivity contribution is -0.384. The van der Waals surface area contributed by atoms with Crippen molar-refractivity contribution in [3.8, 4) is 17.1 Å². The molecule has 1 saturated heterocycles. The minimum atomic E-state index is -0.689. The van der Waals surface area contributed by atoms with Crippen molar-refractivity contribution in [3.05, 3.63) is 51.1 Å². The van der Waals surface area contributed by atoms with E-state index in [0.29, 0.717) is 17.5 Å². The summed E-state index contributed by atoms with van der Waals surface area (Å²) in [5.74, 6) is -0.586. The van der Waals surface area contributed by atoms with Gasteiger partial charge in [-0.1, -0.05) is 0 Å². The summed E-state index contributed by atoms with van der Waals surface area (Å²) >= 11 is 0.662. The Morgan fingerprint density at radius 3 is 2.68 bits per heavy atom. The summed E-state index contributed by atoms with van der Waals surface area (Å²) in [6, 6.07) is 7.37. The van der Waals surface area contributed by atoms with Gasteiger partial charge in [0.25, 0.3) is 16.8 Å². The molecule has 0 saturated carbocycles. The number of benzene rings is 1. The second-order valence-electron chi connectivity index (χ2n) is 6.65. The topological polar surface area (TPSA) is 129 Å². The first-order valence-corrected chi connectivity index (χ1v) is 9.88. The molecule has 0 N–H and O–H groups in total. The smallest absolute Gasteiger partial charge is 0.326 e. The van der Waals surface area contributed by atoms with Gasteiger partial charge < -0.3 is 13.9 Å². The van der Waals surface area contributed by atoms with E-state index in [1.54, 1.807) is 19.9 Å². The predicted molar refractivity (Wildman–Crippen MR) is 111 cm³/mol. The minimum absolute atomic E-state index is 0.0625. The number of ether oxygens (including phenoxy) is 2. The summed E-state index contributed by atoms with van der Waals surface area (Å²) in [6.45, 7) is 2.84. The van der Waals surface area contributed by atoms with Gasteiger partial charge in [0.2, 0.25) is 0 Å². The molecule has 0 unspecified atom stereocenters. The third-order valence-electron chi connectivity index (χ3n) is 4.10. The van der Waals surface area contributed by atoms with Crippen LogP contribution in [0.1, 0.15) is 19.6 Å². The van der Waals surface area contributed by atoms with Crippen LogP contribution in [0.2, 0.25) is 0 Å². The zero-order chi connectivity index (χ0) is 22.7. The minimum Gasteiger partial charge on any atom is -0.497 e. The van der Waals surface area contributed by atoms with Gasteiger partial charge in [0.15, 0.2) is 0 Å². The van der Waals surface area contributed by atoms with E-state index in [4.69, 9.17) is 13.9 Å². The van der Waals surface area contributed by atoms with Crippen LogP contribution < -0.4 is 4.74 Å². The first-order chi connectivity index (χ1) is 14.7. The predicted octanol–water partition coefficient (Wildman–Crippen LogP) is 3.85. The molecule has 0 bridgehead atoms. The molecule has 31 heavy (non-hydrogen) atoms. The highest BCUT2D eigenvalue weighted by Crippen LogP contribution is 2.36. The number of hydrogen-bond acceptors (Lipinski definition) is 9. The fourth-order valence-electron chi connectivity index (χ4n) is 2.77. The summed E-state index contributed by atoms with van der Waals surface area (Å²) < 4.78 is 15.6. The number of esters is 1. The summed E-state index contributed by atoms with van der Waals surface area (Å²) in [5.41, 5.74) is 0.0271. The average molecular weight is 446 g/mol. The lowest BCUT2D eigenvalue weighted by Gasteiger charge is -2.13. The van der Waals surface area contributed by atoms with Gasteiger partial charge in [0.05, 0.1) is 34.7 Å². The van der Waals surface area contributed by atoms with Crippen molar-refractivity contribution in [1.29, 1.82) is 0 Å². The number of methoxy groups -OCH3 is 1. The summed E-state index contributed by atoms with van der Waals surface area (Å²) in [7, 11) is 1.40. The molecule has 0 atom stereocenters. The van der Waals surface area contributed by atoms with Gasteiger partial charge in [-0.25, -0.2) is 0 Å². The first kappa shape index (κ1) is 22.1. The van der Waals surface area contributed by atoms with Crippen molar-refractivity contribution >= 4 is 40.6 Å². The van der Waals surface area contributed by atoms with Gasteiger partial charge in [-0.15, -0.1) is 0 Å². The molecule has 2 heterocycles. The Labute approximate surface area is 180 Å². The fraction of sp³-hybridized carbons (Fsp3) is 0.250. The van der Waals surface area contributed by atoms with Crippen molar-refractivity contribution in [2.45, 2.75) is 20.0 Å². The fourth-order valence-corrected chi connectivity index (χ4v) is 3.59. The molecule has 0 spiro atoms. The zero-order valence-electron chi connectivity index (χ0n) is 16.8. The van der Waals surface area contributed by atoms with Crippen LogP contribution in [-0.2, 0) is 14.3 Å². The lowest BCUT2D eigenvalue weighted by atomic mass is 10.1. The van der Waals surface area contributed by atoms with Crippen LogP contribution in [0.25, 0.3) is 17.4 Å². The number of imide groups is 1. The quantitative estimate of drug-likeness (QED) is 0.269. The van der Waals surface area contributed by atoms with Crippen LogP contribution in [0.4, 0.5) is 10.5 Å². The molecule has 2 aromatic rings. The van der Waals surface area contributed by atoms with Crippen molar-refractivity contribution in [2.75, 3.05) is 13.7 Å². The summed E-state index contributed by atoms with van der Waals surface area (Å²) in [5, 5.41) is 10.8. The highest BCUT2D eigenvalue weighted by atomic mass is 32.2. The zero-order valence-corrected chi connectivity index (χ0v) is 17.6. The highest BCUT2D eigenvalue weighted by molar-refractivity contribution is 8.18. The van der Waals surface area contributed by atoms with Gasteiger partial charge in [-0.2, -0.15) is 0 Å². The monoisotopic (exact) mass is 446 g/mol. The van der Waals surface area contributed by atoms with E-state index in [2.05, 4.69) is 0 Å². The Morgan fingerprint density at radius 1 is 1.29 bits per heavy atom. The van der Waals surface area contributed by atoms with Crippen LogP contribution in [0.15, 0.2) is 39.7 Å². The molecule has 0 aliphatic carbocycles. The van der Waals surface area contributed by atoms with Gasteiger partial charge in [-0.3, -0.25) is 29.4 Å². The third kappa shape index (κ3) is 4.94. The Kier molecular flexibility index (Phi) is 6.44. The molecule has 3 rings (SSSR count). The standard InChI is InChI=1S/C20H18N2O8S/c1-11(2)29-18(23)10-21-19(24)17(31-20(21)25)9-13-5-7-16(30-13)14-6-4-12(28-3)8-15(14)22(26)27/h4-9,11H,10H2,1-3H3/b17-9-. The maximum Gasteiger partial charge on any atom is 0.326 e. The number of rotatable bonds is 7. The molecular weight excluding hydrogens is 428 g/mol. The normalized spacial score (nSPS) is 15.1. The van der Waals surface area contributed by atoms with Crippen LogP contribution in [0, 0.1) is 10.1 Å². The number of carbonyl (C=O) groups excluding carboxylic acids is 3. The van der Waals surface area contributed by atoms with Crippen LogP contribution in [-0.4, -0.2) is 46.7 Å². The van der Waals surface area contributed by atoms with Crippen LogP contribution in [0.3, 0.4) is 0 Å². The number of nitrogens with zero attached hydrogens (tertiary/aromatic N) is 2. The van der Waals surface area contributed by atoms with Gasteiger partial charge >= 0.3 is 5.97 Å². The molecule has 1 fully saturated rings. The number of amides is 2. The largest absolute Gasteiger partial charge is 0.497 e. The average Bonchev–Trinajstić information content (AvgIpc) is 3.27. The first-order valence-electron chi connectivity index (χ1n) is 9.07. The van der Waals surface area contributed by atoms with Gasteiger partial charge in [0, 0.05) is 6.08 Å². The van der Waals surface area contributed by atoms with Crippen molar-refractivity contribution in [2.24, 2.45) is 0 Å². The number of nitro benzene ring substituents is 1.